The molecular formula is C21H35NO2. The smallest absolute Gasteiger partial charge is 0.0824 e. The summed E-state index contributed by atoms with van der Waals surface area (Å²) in [6.45, 7) is 13.9. The van der Waals surface area contributed by atoms with Gasteiger partial charge in [-0.15, -0.1) is 0 Å². The first-order chi connectivity index (χ1) is 11.5. The highest BCUT2D eigenvalue weighted by atomic mass is 16.5. The van der Waals surface area contributed by atoms with E-state index in [2.05, 4.69) is 33.4 Å². The lowest BCUT2D eigenvalue weighted by molar-refractivity contribution is 0.0181. The van der Waals surface area contributed by atoms with Gasteiger partial charge in [-0.05, 0) is 55.2 Å². The lowest BCUT2D eigenvalue weighted by Crippen LogP contribution is -2.37. The molecule has 0 aromatic rings. The number of allylic oxidation sites excluding steroid dienone is 1. The first-order valence-electron chi connectivity index (χ1n) is 9.53. The molecule has 1 aliphatic heterocycles. The van der Waals surface area contributed by atoms with Gasteiger partial charge in [0.05, 0.1) is 19.3 Å². The zero-order valence-electron chi connectivity index (χ0n) is 15.8. The third-order valence-corrected chi connectivity index (χ3v) is 5.85. The van der Waals surface area contributed by atoms with Gasteiger partial charge in [-0.25, -0.2) is 0 Å². The Morgan fingerprint density at radius 1 is 1.38 bits per heavy atom. The van der Waals surface area contributed by atoms with Crippen molar-refractivity contribution in [2.75, 3.05) is 13.2 Å². The fourth-order valence-electron chi connectivity index (χ4n) is 4.33. The van der Waals surface area contributed by atoms with E-state index in [9.17, 15) is 5.11 Å². The summed E-state index contributed by atoms with van der Waals surface area (Å²) in [5.41, 5.74) is 10.8. The highest BCUT2D eigenvalue weighted by Crippen LogP contribution is 2.48. The standard InChI is InChI=1S/C21H35NO2/c1-6-9-15-11-24-12-17(19-14(5)20(19)22)16(10-7-2)21(23)18(15)13(4)8-3/h8,16-17,19-21,23H,5-7,9-12,22H2,1-4H3/b13-8+,18-15-/t16-,17?,19?,20+,21?/m0/s1. The third kappa shape index (κ3) is 3.84. The van der Waals surface area contributed by atoms with Gasteiger partial charge < -0.3 is 15.6 Å². The average Bonchev–Trinajstić information content (AvgIpc) is 3.14. The van der Waals surface area contributed by atoms with Gasteiger partial charge in [0.1, 0.15) is 0 Å². The Hall–Kier alpha value is -0.900. The van der Waals surface area contributed by atoms with Crippen molar-refractivity contribution < 1.29 is 9.84 Å². The maximum absolute atomic E-state index is 11.4. The zero-order valence-corrected chi connectivity index (χ0v) is 15.8. The van der Waals surface area contributed by atoms with Gasteiger partial charge in [0.25, 0.3) is 0 Å². The van der Waals surface area contributed by atoms with Gasteiger partial charge in [-0.3, -0.25) is 0 Å². The maximum Gasteiger partial charge on any atom is 0.0824 e. The number of hydrogen-bond acceptors (Lipinski definition) is 3. The van der Waals surface area contributed by atoms with Gasteiger partial charge in [-0.1, -0.05) is 44.9 Å². The first-order valence-corrected chi connectivity index (χ1v) is 9.53. The Kier molecular flexibility index (Phi) is 6.85. The van der Waals surface area contributed by atoms with Crippen LogP contribution in [0.3, 0.4) is 0 Å². The van der Waals surface area contributed by atoms with Crippen molar-refractivity contribution >= 4 is 0 Å². The Balaban J connectivity index is 2.41. The largest absolute Gasteiger partial charge is 0.388 e. The minimum absolute atomic E-state index is 0.0786. The van der Waals surface area contributed by atoms with Crippen molar-refractivity contribution in [3.05, 3.63) is 34.9 Å². The first kappa shape index (κ1) is 19.4. The number of rotatable bonds is 6. The van der Waals surface area contributed by atoms with E-state index in [4.69, 9.17) is 10.5 Å². The van der Waals surface area contributed by atoms with E-state index in [1.807, 2.05) is 6.92 Å². The van der Waals surface area contributed by atoms with Crippen LogP contribution in [-0.2, 0) is 4.74 Å². The monoisotopic (exact) mass is 333 g/mol. The molecule has 1 fully saturated rings. The van der Waals surface area contributed by atoms with Gasteiger partial charge in [0.2, 0.25) is 0 Å². The minimum Gasteiger partial charge on any atom is -0.388 e. The summed E-state index contributed by atoms with van der Waals surface area (Å²) in [6.07, 6.45) is 5.77. The summed E-state index contributed by atoms with van der Waals surface area (Å²) in [5, 5.41) is 11.4. The number of nitrogens with two attached hydrogens (primary N) is 1. The molecule has 0 bridgehead atoms. The highest BCUT2D eigenvalue weighted by Gasteiger charge is 2.49. The molecule has 0 spiro atoms. The molecule has 2 rings (SSSR count). The second-order valence-electron chi connectivity index (χ2n) is 7.44. The van der Waals surface area contributed by atoms with E-state index in [1.165, 1.54) is 11.1 Å². The maximum atomic E-state index is 11.4. The molecular weight excluding hydrogens is 298 g/mol. The van der Waals surface area contributed by atoms with Crippen LogP contribution in [0.2, 0.25) is 0 Å². The molecule has 1 aliphatic carbocycles. The van der Waals surface area contributed by atoms with Crippen LogP contribution in [0.15, 0.2) is 34.9 Å². The van der Waals surface area contributed by atoms with Crippen LogP contribution in [0.25, 0.3) is 0 Å². The molecule has 5 atom stereocenters. The summed E-state index contributed by atoms with van der Waals surface area (Å²) in [4.78, 5) is 0. The zero-order chi connectivity index (χ0) is 17.9. The predicted octanol–water partition coefficient (Wildman–Crippen LogP) is 3.99. The molecule has 136 valence electrons. The quantitative estimate of drug-likeness (QED) is 0.723. The van der Waals surface area contributed by atoms with Gasteiger partial charge in [0, 0.05) is 12.0 Å². The van der Waals surface area contributed by atoms with E-state index < -0.39 is 6.10 Å². The second kappa shape index (κ2) is 8.46. The molecule has 0 aromatic heterocycles. The van der Waals surface area contributed by atoms with E-state index >= 15 is 0 Å². The van der Waals surface area contributed by atoms with Crippen LogP contribution in [0.5, 0.6) is 0 Å². The van der Waals surface area contributed by atoms with Crippen molar-refractivity contribution in [3.8, 4) is 0 Å². The molecule has 24 heavy (non-hydrogen) atoms. The molecule has 3 nitrogen and oxygen atoms in total. The summed E-state index contributed by atoms with van der Waals surface area (Å²) < 4.78 is 6.11. The summed E-state index contributed by atoms with van der Waals surface area (Å²) in [5.74, 6) is 0.753. The van der Waals surface area contributed by atoms with E-state index in [0.717, 1.165) is 36.8 Å². The van der Waals surface area contributed by atoms with Crippen LogP contribution in [0.4, 0.5) is 0 Å². The molecule has 2 aliphatic rings. The van der Waals surface area contributed by atoms with Gasteiger partial charge >= 0.3 is 0 Å². The highest BCUT2D eigenvalue weighted by molar-refractivity contribution is 5.39. The lowest BCUT2D eigenvalue weighted by atomic mass is 9.75. The lowest BCUT2D eigenvalue weighted by Gasteiger charge is -2.36. The van der Waals surface area contributed by atoms with E-state index in [1.54, 1.807) is 0 Å². The normalized spacial score (nSPS) is 38.0. The third-order valence-electron chi connectivity index (χ3n) is 5.85. The van der Waals surface area contributed by atoms with Crippen LogP contribution in [0, 0.1) is 17.8 Å². The molecule has 1 saturated carbocycles. The van der Waals surface area contributed by atoms with Crippen LogP contribution >= 0.6 is 0 Å². The van der Waals surface area contributed by atoms with Crippen molar-refractivity contribution in [1.82, 2.24) is 0 Å². The Morgan fingerprint density at radius 3 is 2.54 bits per heavy atom. The predicted molar refractivity (Wildman–Crippen MR) is 101 cm³/mol. The topological polar surface area (TPSA) is 55.5 Å². The van der Waals surface area contributed by atoms with E-state index in [-0.39, 0.29) is 17.9 Å². The second-order valence-corrected chi connectivity index (χ2v) is 7.44. The van der Waals surface area contributed by atoms with E-state index in [0.29, 0.717) is 19.1 Å². The Morgan fingerprint density at radius 2 is 2.04 bits per heavy atom. The molecule has 3 N–H and O–H groups in total. The molecule has 0 radical (unpaired) electrons. The van der Waals surface area contributed by atoms with Crippen molar-refractivity contribution in [2.24, 2.45) is 23.5 Å². The average molecular weight is 334 g/mol. The summed E-state index contributed by atoms with van der Waals surface area (Å²) in [6, 6.07) is 0.0786. The van der Waals surface area contributed by atoms with Crippen LogP contribution in [-0.4, -0.2) is 30.5 Å². The fourth-order valence-corrected chi connectivity index (χ4v) is 4.33. The van der Waals surface area contributed by atoms with Crippen LogP contribution < -0.4 is 5.73 Å². The molecule has 3 heteroatoms. The molecule has 0 saturated heterocycles. The number of ether oxygens (including phenoxy) is 1. The molecule has 1 heterocycles. The van der Waals surface area contributed by atoms with Crippen molar-refractivity contribution in [2.45, 2.75) is 65.5 Å². The van der Waals surface area contributed by atoms with Crippen LogP contribution in [0.1, 0.15) is 53.4 Å². The number of aliphatic hydroxyl groups excluding tert-OH is 1. The summed E-state index contributed by atoms with van der Waals surface area (Å²) >= 11 is 0. The van der Waals surface area contributed by atoms with Gasteiger partial charge in [-0.2, -0.15) is 0 Å². The Labute approximate surface area is 147 Å². The minimum atomic E-state index is -0.433. The van der Waals surface area contributed by atoms with Gasteiger partial charge in [0.15, 0.2) is 0 Å². The Bertz CT molecular complexity index is 520. The molecule has 0 aromatic carbocycles. The van der Waals surface area contributed by atoms with Crippen molar-refractivity contribution in [1.29, 1.82) is 0 Å². The van der Waals surface area contributed by atoms with Crippen molar-refractivity contribution in [3.63, 3.8) is 0 Å². The SMILES string of the molecule is C=C1C(C2COC/C(CCC)=C(/C(C)=C/C)C(O)[C@H]2CCC)[C@@H]1N. The number of hydrogen-bond donors (Lipinski definition) is 2. The number of aliphatic hydroxyl groups is 1. The summed E-state index contributed by atoms with van der Waals surface area (Å²) in [7, 11) is 0. The molecule has 3 unspecified atom stereocenters. The molecule has 0 amide bonds. The fraction of sp³-hybridized carbons (Fsp3) is 0.714.